The van der Waals surface area contributed by atoms with Crippen LogP contribution >= 0.6 is 11.6 Å². The van der Waals surface area contributed by atoms with Crippen LogP contribution < -0.4 is 10.1 Å². The van der Waals surface area contributed by atoms with Gasteiger partial charge in [-0.15, -0.1) is 0 Å². The summed E-state index contributed by atoms with van der Waals surface area (Å²) in [6, 6.07) is 16.3. The average Bonchev–Trinajstić information content (AvgIpc) is 3.24. The van der Waals surface area contributed by atoms with Crippen LogP contribution in [0.5, 0.6) is 5.75 Å². The molecule has 4 rings (SSSR count). The molecule has 2 fully saturated rings. The molecule has 1 aliphatic heterocycles. The molecule has 0 aromatic heterocycles. The highest BCUT2D eigenvalue weighted by Crippen LogP contribution is 2.30. The Morgan fingerprint density at radius 1 is 1.10 bits per heavy atom. The zero-order valence-electron chi connectivity index (χ0n) is 17.6. The second kappa shape index (κ2) is 9.84. The number of nitrogens with one attached hydrogen (secondary N) is 1. The first-order chi connectivity index (χ1) is 14.6. The van der Waals surface area contributed by atoms with E-state index in [-0.39, 0.29) is 11.9 Å². The molecule has 1 N–H and O–H groups in total. The lowest BCUT2D eigenvalue weighted by atomic mass is 9.89. The van der Waals surface area contributed by atoms with E-state index in [9.17, 15) is 4.79 Å². The van der Waals surface area contributed by atoms with Crippen LogP contribution in [0.1, 0.15) is 48.0 Å². The van der Waals surface area contributed by atoms with Crippen LogP contribution in [0.15, 0.2) is 48.5 Å². The van der Waals surface area contributed by atoms with Crippen molar-refractivity contribution < 1.29 is 9.53 Å². The lowest BCUT2D eigenvalue weighted by Gasteiger charge is -2.38. The van der Waals surface area contributed by atoms with Crippen LogP contribution in [0.25, 0.3) is 0 Å². The first-order valence-electron chi connectivity index (χ1n) is 11.1. The standard InChI is InChI=1S/C25H31ClN2O2/c1-30-22-5-2-4-20(17-22)25(29)27-23-6-3-7-24(23)28-14-12-19(13-15-28)16-18-8-10-21(26)11-9-18/h2,4-5,8-11,17,19,23-24H,3,6-7,12-16H2,1H3,(H,27,29). The van der Waals surface area contributed by atoms with Crippen molar-refractivity contribution in [3.05, 3.63) is 64.7 Å². The average molecular weight is 427 g/mol. The highest BCUT2D eigenvalue weighted by atomic mass is 35.5. The molecule has 2 aliphatic rings. The molecule has 2 aromatic rings. The van der Waals surface area contributed by atoms with Gasteiger partial charge in [-0.2, -0.15) is 0 Å². The minimum atomic E-state index is 0.00317. The fourth-order valence-corrected chi connectivity index (χ4v) is 5.13. The highest BCUT2D eigenvalue weighted by molar-refractivity contribution is 6.30. The minimum Gasteiger partial charge on any atom is -0.497 e. The smallest absolute Gasteiger partial charge is 0.251 e. The van der Waals surface area contributed by atoms with Crippen molar-refractivity contribution in [2.45, 2.75) is 50.6 Å². The van der Waals surface area contributed by atoms with Gasteiger partial charge in [0.1, 0.15) is 5.75 Å². The molecule has 0 bridgehead atoms. The van der Waals surface area contributed by atoms with Gasteiger partial charge < -0.3 is 10.1 Å². The van der Waals surface area contributed by atoms with Gasteiger partial charge in [0.2, 0.25) is 0 Å². The Kier molecular flexibility index (Phi) is 6.96. The number of piperidine rings is 1. The number of hydrogen-bond acceptors (Lipinski definition) is 3. The van der Waals surface area contributed by atoms with Crippen molar-refractivity contribution in [2.24, 2.45) is 5.92 Å². The number of benzene rings is 2. The Hall–Kier alpha value is -2.04. The van der Waals surface area contributed by atoms with Gasteiger partial charge >= 0.3 is 0 Å². The summed E-state index contributed by atoms with van der Waals surface area (Å²) in [5.41, 5.74) is 2.05. The van der Waals surface area contributed by atoms with E-state index >= 15 is 0 Å². The van der Waals surface area contributed by atoms with E-state index in [1.165, 1.54) is 31.2 Å². The molecule has 5 heteroatoms. The van der Waals surface area contributed by atoms with Gasteiger partial charge in [-0.3, -0.25) is 9.69 Å². The summed E-state index contributed by atoms with van der Waals surface area (Å²) < 4.78 is 5.25. The van der Waals surface area contributed by atoms with Crippen LogP contribution in [0, 0.1) is 5.92 Å². The van der Waals surface area contributed by atoms with Crippen LogP contribution in [0.4, 0.5) is 0 Å². The molecule has 2 unspecified atom stereocenters. The second-order valence-electron chi connectivity index (χ2n) is 8.62. The predicted molar refractivity (Wildman–Crippen MR) is 121 cm³/mol. The second-order valence-corrected chi connectivity index (χ2v) is 9.06. The number of methoxy groups -OCH3 is 1. The minimum absolute atomic E-state index is 0.00317. The molecular formula is C25H31ClN2O2. The van der Waals surface area contributed by atoms with Crippen LogP contribution in [0.3, 0.4) is 0 Å². The topological polar surface area (TPSA) is 41.6 Å². The number of rotatable bonds is 6. The number of hydrogen-bond donors (Lipinski definition) is 1. The first kappa shape index (κ1) is 21.2. The maximum atomic E-state index is 12.8. The lowest BCUT2D eigenvalue weighted by Crippen LogP contribution is -2.51. The summed E-state index contributed by atoms with van der Waals surface area (Å²) >= 11 is 6.01. The maximum absolute atomic E-state index is 12.8. The molecule has 30 heavy (non-hydrogen) atoms. The van der Waals surface area contributed by atoms with Gasteiger partial charge in [0, 0.05) is 22.7 Å². The van der Waals surface area contributed by atoms with Crippen LogP contribution in [0.2, 0.25) is 5.02 Å². The summed E-state index contributed by atoms with van der Waals surface area (Å²) in [5, 5.41) is 4.10. The Morgan fingerprint density at radius 2 is 1.87 bits per heavy atom. The normalized spacial score (nSPS) is 22.7. The van der Waals surface area contributed by atoms with Gasteiger partial charge in [0.05, 0.1) is 7.11 Å². The van der Waals surface area contributed by atoms with Crippen molar-refractivity contribution in [1.29, 1.82) is 0 Å². The van der Waals surface area contributed by atoms with Gasteiger partial charge in [-0.25, -0.2) is 0 Å². The Balaban J connectivity index is 1.30. The molecule has 1 saturated heterocycles. The number of nitrogens with zero attached hydrogens (tertiary/aromatic N) is 1. The Morgan fingerprint density at radius 3 is 2.60 bits per heavy atom. The van der Waals surface area contributed by atoms with Crippen molar-refractivity contribution in [3.63, 3.8) is 0 Å². The van der Waals surface area contributed by atoms with Gasteiger partial charge in [-0.1, -0.05) is 29.8 Å². The van der Waals surface area contributed by atoms with E-state index in [0.29, 0.717) is 17.4 Å². The fourth-order valence-electron chi connectivity index (χ4n) is 5.00. The number of halogens is 1. The zero-order valence-corrected chi connectivity index (χ0v) is 18.4. The largest absolute Gasteiger partial charge is 0.497 e. The van der Waals surface area contributed by atoms with Crippen molar-refractivity contribution in [3.8, 4) is 5.75 Å². The SMILES string of the molecule is COc1cccc(C(=O)NC2CCCC2N2CCC(Cc3ccc(Cl)cc3)CC2)c1. The highest BCUT2D eigenvalue weighted by Gasteiger charge is 2.35. The summed E-state index contributed by atoms with van der Waals surface area (Å²) in [6.07, 6.45) is 6.98. The quantitative estimate of drug-likeness (QED) is 0.710. The molecule has 2 aromatic carbocycles. The Labute approximate surface area is 184 Å². The van der Waals surface area contributed by atoms with E-state index in [1.807, 2.05) is 36.4 Å². The number of ether oxygens (including phenoxy) is 1. The van der Waals surface area contributed by atoms with E-state index in [2.05, 4.69) is 22.3 Å². The maximum Gasteiger partial charge on any atom is 0.251 e. The van der Waals surface area contributed by atoms with Crippen molar-refractivity contribution >= 4 is 17.5 Å². The monoisotopic (exact) mass is 426 g/mol. The fraction of sp³-hybridized carbons (Fsp3) is 0.480. The number of amides is 1. The third kappa shape index (κ3) is 5.16. The number of carbonyl (C=O) groups excluding carboxylic acids is 1. The lowest BCUT2D eigenvalue weighted by molar-refractivity contribution is 0.0862. The van der Waals surface area contributed by atoms with Crippen molar-refractivity contribution in [2.75, 3.05) is 20.2 Å². The molecular weight excluding hydrogens is 396 g/mol. The molecule has 1 amide bonds. The van der Waals surface area contributed by atoms with Crippen LogP contribution in [-0.2, 0) is 6.42 Å². The third-order valence-electron chi connectivity index (χ3n) is 6.68. The summed E-state index contributed by atoms with van der Waals surface area (Å²) in [7, 11) is 1.63. The van der Waals surface area contributed by atoms with E-state index in [1.54, 1.807) is 7.11 Å². The predicted octanol–water partition coefficient (Wildman–Crippen LogP) is 4.95. The molecule has 1 heterocycles. The zero-order chi connectivity index (χ0) is 20.9. The molecule has 0 radical (unpaired) electrons. The van der Waals surface area contributed by atoms with Crippen LogP contribution in [-0.4, -0.2) is 43.1 Å². The van der Waals surface area contributed by atoms with Crippen molar-refractivity contribution in [1.82, 2.24) is 10.2 Å². The molecule has 1 saturated carbocycles. The molecule has 4 nitrogen and oxygen atoms in total. The van der Waals surface area contributed by atoms with E-state index < -0.39 is 0 Å². The first-order valence-corrected chi connectivity index (χ1v) is 11.4. The van der Waals surface area contributed by atoms with Gasteiger partial charge in [0.25, 0.3) is 5.91 Å². The number of likely N-dealkylation sites (tertiary alicyclic amines) is 1. The molecule has 0 spiro atoms. The van der Waals surface area contributed by atoms with E-state index in [0.717, 1.165) is 36.9 Å². The Bertz CT molecular complexity index is 846. The molecule has 160 valence electrons. The summed E-state index contributed by atoms with van der Waals surface area (Å²) in [6.45, 7) is 2.24. The summed E-state index contributed by atoms with van der Waals surface area (Å²) in [4.78, 5) is 15.4. The third-order valence-corrected chi connectivity index (χ3v) is 6.94. The summed E-state index contributed by atoms with van der Waals surface area (Å²) in [5.74, 6) is 1.45. The number of carbonyl (C=O) groups is 1. The molecule has 1 aliphatic carbocycles. The van der Waals surface area contributed by atoms with Gasteiger partial charge in [-0.05, 0) is 93.4 Å². The molecule has 2 atom stereocenters. The van der Waals surface area contributed by atoms with Gasteiger partial charge in [0.15, 0.2) is 0 Å². The van der Waals surface area contributed by atoms with E-state index in [4.69, 9.17) is 16.3 Å².